The summed E-state index contributed by atoms with van der Waals surface area (Å²) in [7, 11) is 0. The van der Waals surface area contributed by atoms with Crippen LogP contribution in [-0.2, 0) is 6.54 Å². The first-order chi connectivity index (χ1) is 7.59. The highest BCUT2D eigenvalue weighted by Gasteiger charge is 2.03. The molecule has 2 N–H and O–H groups in total. The number of rotatable bonds is 6. The van der Waals surface area contributed by atoms with Crippen LogP contribution in [0.4, 0.5) is 5.69 Å². The maximum absolute atomic E-state index is 4.17. The smallest absolute Gasteiger partial charge is 0.0416 e. The maximum Gasteiger partial charge on any atom is 0.0416 e. The van der Waals surface area contributed by atoms with E-state index in [-0.39, 0.29) is 0 Å². The number of pyridine rings is 1. The normalized spacial score (nSPS) is 11.1. The molecule has 90 valence electrons. The molecule has 0 aliphatic heterocycles. The van der Waals surface area contributed by atoms with Crippen molar-refractivity contribution in [1.82, 2.24) is 10.3 Å². The quantitative estimate of drug-likeness (QED) is 0.775. The first-order valence-electron chi connectivity index (χ1n) is 5.99. The van der Waals surface area contributed by atoms with Crippen LogP contribution in [0.2, 0.25) is 0 Å². The summed E-state index contributed by atoms with van der Waals surface area (Å²) >= 11 is 0. The Balaban J connectivity index is 2.60. The number of nitrogens with zero attached hydrogens (tertiary/aromatic N) is 1. The van der Waals surface area contributed by atoms with E-state index < -0.39 is 0 Å². The van der Waals surface area contributed by atoms with Crippen LogP contribution < -0.4 is 10.6 Å². The molecule has 0 aliphatic rings. The zero-order chi connectivity index (χ0) is 12.0. The predicted molar refractivity (Wildman–Crippen MR) is 69.5 cm³/mol. The summed E-state index contributed by atoms with van der Waals surface area (Å²) in [4.78, 5) is 4.17. The van der Waals surface area contributed by atoms with E-state index in [1.807, 2.05) is 18.5 Å². The van der Waals surface area contributed by atoms with E-state index in [2.05, 4.69) is 43.3 Å². The first-order valence-corrected chi connectivity index (χ1v) is 5.99. The molecule has 0 amide bonds. The fourth-order valence-electron chi connectivity index (χ4n) is 1.37. The average molecular weight is 221 g/mol. The lowest BCUT2D eigenvalue weighted by Gasteiger charge is -2.14. The molecule has 1 rings (SSSR count). The summed E-state index contributed by atoms with van der Waals surface area (Å²) in [5.41, 5.74) is 2.42. The van der Waals surface area contributed by atoms with Gasteiger partial charge in [-0.2, -0.15) is 0 Å². The molecule has 0 radical (unpaired) electrons. The van der Waals surface area contributed by atoms with Crippen molar-refractivity contribution in [2.75, 3.05) is 11.9 Å². The molecule has 1 aromatic heterocycles. The monoisotopic (exact) mass is 221 g/mol. The van der Waals surface area contributed by atoms with Gasteiger partial charge in [0.25, 0.3) is 0 Å². The number of aromatic nitrogens is 1. The van der Waals surface area contributed by atoms with E-state index in [1.54, 1.807) is 0 Å². The molecule has 1 heterocycles. The first kappa shape index (κ1) is 13.0. The number of hydrogen-bond donors (Lipinski definition) is 2. The van der Waals surface area contributed by atoms with Crippen LogP contribution in [0.5, 0.6) is 0 Å². The predicted octanol–water partition coefficient (Wildman–Crippen LogP) is 2.65. The lowest BCUT2D eigenvalue weighted by Crippen LogP contribution is -2.23. The Hall–Kier alpha value is -1.09. The van der Waals surface area contributed by atoms with Gasteiger partial charge < -0.3 is 10.6 Å². The second-order valence-corrected chi connectivity index (χ2v) is 4.84. The Bertz CT molecular complexity index is 277. The van der Waals surface area contributed by atoms with Crippen molar-refractivity contribution in [1.29, 1.82) is 0 Å². The summed E-state index contributed by atoms with van der Waals surface area (Å²) in [5, 5.41) is 6.87. The third-order valence-electron chi connectivity index (χ3n) is 2.31. The summed E-state index contributed by atoms with van der Waals surface area (Å²) in [5.74, 6) is 0.652. The zero-order valence-electron chi connectivity index (χ0n) is 10.7. The minimum Gasteiger partial charge on any atom is -0.384 e. The third kappa shape index (κ3) is 4.62. The van der Waals surface area contributed by atoms with E-state index in [0.717, 1.165) is 13.1 Å². The van der Waals surface area contributed by atoms with Gasteiger partial charge in [-0.25, -0.2) is 0 Å². The highest BCUT2D eigenvalue weighted by atomic mass is 14.9. The van der Waals surface area contributed by atoms with Crippen LogP contribution in [0.25, 0.3) is 0 Å². The molecule has 16 heavy (non-hydrogen) atoms. The van der Waals surface area contributed by atoms with Crippen LogP contribution in [0.3, 0.4) is 0 Å². The van der Waals surface area contributed by atoms with Gasteiger partial charge in [0.15, 0.2) is 0 Å². The Morgan fingerprint density at radius 1 is 1.25 bits per heavy atom. The molecule has 0 fully saturated rings. The maximum atomic E-state index is 4.17. The molecule has 0 saturated heterocycles. The molecule has 1 aromatic rings. The van der Waals surface area contributed by atoms with Crippen LogP contribution in [-0.4, -0.2) is 17.6 Å². The van der Waals surface area contributed by atoms with Gasteiger partial charge in [-0.05, 0) is 12.0 Å². The van der Waals surface area contributed by atoms with Crippen molar-refractivity contribution in [3.63, 3.8) is 0 Å². The van der Waals surface area contributed by atoms with Crippen molar-refractivity contribution < 1.29 is 0 Å². The minimum atomic E-state index is 0.498. The van der Waals surface area contributed by atoms with Gasteiger partial charge >= 0.3 is 0 Å². The van der Waals surface area contributed by atoms with E-state index in [9.17, 15) is 0 Å². The van der Waals surface area contributed by atoms with Gasteiger partial charge in [0.2, 0.25) is 0 Å². The Labute approximate surface area is 98.7 Å². The second-order valence-electron chi connectivity index (χ2n) is 4.84. The topological polar surface area (TPSA) is 37.0 Å². The number of anilines is 1. The molecule has 0 unspecified atom stereocenters. The van der Waals surface area contributed by atoms with E-state index >= 15 is 0 Å². The van der Waals surface area contributed by atoms with Gasteiger partial charge in [-0.3, -0.25) is 4.98 Å². The molecule has 3 heteroatoms. The van der Waals surface area contributed by atoms with Gasteiger partial charge in [-0.1, -0.05) is 27.7 Å². The van der Waals surface area contributed by atoms with Gasteiger partial charge in [0, 0.05) is 42.8 Å². The molecular weight excluding hydrogens is 198 g/mol. The SMILES string of the molecule is CC(C)CNc1ccncc1CNC(C)C. The highest BCUT2D eigenvalue weighted by Crippen LogP contribution is 2.13. The summed E-state index contributed by atoms with van der Waals surface area (Å²) in [6.07, 6.45) is 3.76. The van der Waals surface area contributed by atoms with Crippen molar-refractivity contribution in [3.05, 3.63) is 24.0 Å². The number of hydrogen-bond acceptors (Lipinski definition) is 3. The lowest BCUT2D eigenvalue weighted by molar-refractivity contribution is 0.588. The van der Waals surface area contributed by atoms with Crippen LogP contribution in [0, 0.1) is 5.92 Å². The second kappa shape index (κ2) is 6.48. The van der Waals surface area contributed by atoms with E-state index in [0.29, 0.717) is 12.0 Å². The molecule has 0 aromatic carbocycles. The van der Waals surface area contributed by atoms with Gasteiger partial charge in [0.05, 0.1) is 0 Å². The zero-order valence-corrected chi connectivity index (χ0v) is 10.7. The fourth-order valence-corrected chi connectivity index (χ4v) is 1.37. The minimum absolute atomic E-state index is 0.498. The fraction of sp³-hybridized carbons (Fsp3) is 0.615. The summed E-state index contributed by atoms with van der Waals surface area (Å²) in [6, 6.07) is 2.54. The third-order valence-corrected chi connectivity index (χ3v) is 2.31. The number of nitrogens with one attached hydrogen (secondary N) is 2. The molecule has 0 bridgehead atoms. The van der Waals surface area contributed by atoms with Crippen molar-refractivity contribution in [2.24, 2.45) is 5.92 Å². The van der Waals surface area contributed by atoms with E-state index in [4.69, 9.17) is 0 Å². The molecule has 0 atom stereocenters. The van der Waals surface area contributed by atoms with Crippen molar-refractivity contribution >= 4 is 5.69 Å². The lowest BCUT2D eigenvalue weighted by atomic mass is 10.2. The Morgan fingerprint density at radius 2 is 2.00 bits per heavy atom. The standard InChI is InChI=1S/C13H23N3/c1-10(2)7-16-13-5-6-14-8-12(13)9-15-11(3)4/h5-6,8,10-11,15H,7,9H2,1-4H3,(H,14,16). The molecule has 0 aliphatic carbocycles. The van der Waals surface area contributed by atoms with E-state index in [1.165, 1.54) is 11.3 Å². The molecular formula is C13H23N3. The van der Waals surface area contributed by atoms with Gasteiger partial charge in [-0.15, -0.1) is 0 Å². The van der Waals surface area contributed by atoms with Crippen LogP contribution in [0.15, 0.2) is 18.5 Å². The summed E-state index contributed by atoms with van der Waals surface area (Å²) < 4.78 is 0. The van der Waals surface area contributed by atoms with Gasteiger partial charge in [0.1, 0.15) is 0 Å². The Morgan fingerprint density at radius 3 is 2.62 bits per heavy atom. The molecule has 0 saturated carbocycles. The largest absolute Gasteiger partial charge is 0.384 e. The summed E-state index contributed by atoms with van der Waals surface area (Å²) in [6.45, 7) is 10.6. The van der Waals surface area contributed by atoms with Crippen molar-refractivity contribution in [2.45, 2.75) is 40.3 Å². The van der Waals surface area contributed by atoms with Crippen molar-refractivity contribution in [3.8, 4) is 0 Å². The van der Waals surface area contributed by atoms with Crippen LogP contribution in [0.1, 0.15) is 33.3 Å². The Kier molecular flexibility index (Phi) is 5.26. The highest BCUT2D eigenvalue weighted by molar-refractivity contribution is 5.49. The molecule has 0 spiro atoms. The molecule has 3 nitrogen and oxygen atoms in total. The van der Waals surface area contributed by atoms with Crippen LogP contribution >= 0.6 is 0 Å². The average Bonchev–Trinajstić information content (AvgIpc) is 2.24.